The molecule has 0 spiro atoms. The fourth-order valence-corrected chi connectivity index (χ4v) is 3.71. The summed E-state index contributed by atoms with van der Waals surface area (Å²) in [7, 11) is 1.43. The van der Waals surface area contributed by atoms with E-state index in [2.05, 4.69) is 6.07 Å². The molecule has 33 heavy (non-hydrogen) atoms. The molecule has 1 aliphatic rings. The second-order valence-corrected chi connectivity index (χ2v) is 7.29. The van der Waals surface area contributed by atoms with Crippen molar-refractivity contribution in [2.75, 3.05) is 20.4 Å². The summed E-state index contributed by atoms with van der Waals surface area (Å²) in [5.41, 5.74) is 2.37. The molecule has 1 N–H and O–H groups in total. The Morgan fingerprint density at radius 2 is 1.73 bits per heavy atom. The molecular formula is C24H19N3O6. The van der Waals surface area contributed by atoms with Gasteiger partial charge in [-0.15, -0.1) is 0 Å². The summed E-state index contributed by atoms with van der Waals surface area (Å²) in [6.45, 7) is 0.221. The number of methoxy groups -OCH3 is 1. The minimum absolute atomic E-state index is 0.0126. The van der Waals surface area contributed by atoms with Gasteiger partial charge in [0.1, 0.15) is 23.1 Å². The number of carbonyl (C=O) groups is 3. The highest BCUT2D eigenvalue weighted by atomic mass is 16.7. The lowest BCUT2D eigenvalue weighted by Crippen LogP contribution is -2.33. The molecule has 166 valence electrons. The van der Waals surface area contributed by atoms with E-state index in [0.717, 1.165) is 0 Å². The summed E-state index contributed by atoms with van der Waals surface area (Å²) < 4.78 is 11.9. The number of benzene rings is 2. The Morgan fingerprint density at radius 3 is 2.33 bits per heavy atom. The number of carbonyl (C=O) groups excluding carboxylic acids is 2. The summed E-state index contributed by atoms with van der Waals surface area (Å²) >= 11 is 0. The normalized spacial score (nSPS) is 12.5. The van der Waals surface area contributed by atoms with Crippen LogP contribution in [0.1, 0.15) is 36.8 Å². The van der Waals surface area contributed by atoms with Gasteiger partial charge in [-0.25, -0.2) is 4.79 Å². The average molecular weight is 445 g/mol. The number of rotatable bonds is 8. The van der Waals surface area contributed by atoms with E-state index in [0.29, 0.717) is 27.9 Å². The Hall–Kier alpha value is -4.42. The van der Waals surface area contributed by atoms with Crippen LogP contribution in [-0.2, 0) is 11.3 Å². The zero-order valence-electron chi connectivity index (χ0n) is 17.6. The average Bonchev–Trinajstić information content (AvgIpc) is 3.35. The molecule has 0 radical (unpaired) electrons. The first kappa shape index (κ1) is 21.8. The fourth-order valence-electron chi connectivity index (χ4n) is 3.71. The molecular weight excluding hydrogens is 426 g/mol. The fraction of sp³-hybridized carbons (Fsp3) is 0.167. The lowest BCUT2D eigenvalue weighted by atomic mass is 10.1. The Labute approximate surface area is 189 Å². The number of amides is 2. The minimum atomic E-state index is -1.14. The number of imide groups is 1. The molecule has 3 aromatic rings. The third-order valence-electron chi connectivity index (χ3n) is 5.33. The van der Waals surface area contributed by atoms with E-state index in [1.807, 2.05) is 0 Å². The van der Waals surface area contributed by atoms with Crippen LogP contribution in [0, 0.1) is 11.3 Å². The largest absolute Gasteiger partial charge is 0.478 e. The SMILES string of the molecule is COCOc1cc(-c2cc(C#N)n(CCN3C(=O)c4ccccc4C3=O)c2)ccc1C(=O)O. The van der Waals surface area contributed by atoms with E-state index in [4.69, 9.17) is 9.47 Å². The molecule has 0 unspecified atom stereocenters. The van der Waals surface area contributed by atoms with Crippen molar-refractivity contribution in [2.24, 2.45) is 0 Å². The molecule has 9 nitrogen and oxygen atoms in total. The van der Waals surface area contributed by atoms with Gasteiger partial charge < -0.3 is 19.1 Å². The molecule has 2 heterocycles. The Balaban J connectivity index is 1.57. The van der Waals surface area contributed by atoms with Gasteiger partial charge in [0.05, 0.1) is 11.1 Å². The lowest BCUT2D eigenvalue weighted by Gasteiger charge is -2.14. The topological polar surface area (TPSA) is 122 Å². The molecule has 1 aliphatic heterocycles. The highest BCUT2D eigenvalue weighted by molar-refractivity contribution is 6.21. The van der Waals surface area contributed by atoms with Gasteiger partial charge in [0.15, 0.2) is 6.79 Å². The monoisotopic (exact) mass is 445 g/mol. The molecule has 1 aromatic heterocycles. The summed E-state index contributed by atoms with van der Waals surface area (Å²) in [5.74, 6) is -1.71. The van der Waals surface area contributed by atoms with Gasteiger partial charge in [0.2, 0.25) is 0 Å². The summed E-state index contributed by atoms with van der Waals surface area (Å²) in [5, 5.41) is 18.9. The van der Waals surface area contributed by atoms with Crippen LogP contribution in [-0.4, -0.2) is 52.8 Å². The Bertz CT molecular complexity index is 1270. The van der Waals surface area contributed by atoms with Crippen molar-refractivity contribution in [3.63, 3.8) is 0 Å². The quantitative estimate of drug-likeness (QED) is 0.418. The predicted octanol–water partition coefficient (Wildman–Crippen LogP) is 3.00. The van der Waals surface area contributed by atoms with Gasteiger partial charge in [0.25, 0.3) is 11.8 Å². The van der Waals surface area contributed by atoms with Crippen molar-refractivity contribution in [1.29, 1.82) is 5.26 Å². The summed E-state index contributed by atoms with van der Waals surface area (Å²) in [6.07, 6.45) is 1.71. The van der Waals surface area contributed by atoms with Gasteiger partial charge in [-0.2, -0.15) is 5.26 Å². The van der Waals surface area contributed by atoms with Crippen molar-refractivity contribution in [1.82, 2.24) is 9.47 Å². The number of nitrogens with zero attached hydrogens (tertiary/aromatic N) is 3. The number of hydrogen-bond donors (Lipinski definition) is 1. The highest BCUT2D eigenvalue weighted by Gasteiger charge is 2.34. The van der Waals surface area contributed by atoms with Crippen LogP contribution >= 0.6 is 0 Å². The van der Waals surface area contributed by atoms with E-state index in [1.165, 1.54) is 18.1 Å². The van der Waals surface area contributed by atoms with Crippen LogP contribution < -0.4 is 4.74 Å². The van der Waals surface area contributed by atoms with Crippen LogP contribution in [0.15, 0.2) is 54.7 Å². The van der Waals surface area contributed by atoms with Crippen LogP contribution in [0.3, 0.4) is 0 Å². The number of aromatic carboxylic acids is 1. The van der Waals surface area contributed by atoms with Crippen LogP contribution in [0.2, 0.25) is 0 Å². The summed E-state index contributed by atoms with van der Waals surface area (Å²) in [6, 6.07) is 15.0. The zero-order chi connectivity index (χ0) is 23.5. The van der Waals surface area contributed by atoms with Crippen LogP contribution in [0.4, 0.5) is 0 Å². The first-order valence-electron chi connectivity index (χ1n) is 9.99. The van der Waals surface area contributed by atoms with Crippen molar-refractivity contribution in [3.8, 4) is 22.9 Å². The number of fused-ring (bicyclic) bond motifs is 1. The second-order valence-electron chi connectivity index (χ2n) is 7.29. The van der Waals surface area contributed by atoms with E-state index >= 15 is 0 Å². The molecule has 9 heteroatoms. The van der Waals surface area contributed by atoms with Crippen molar-refractivity contribution < 1.29 is 29.0 Å². The number of carboxylic acid groups (broad SMARTS) is 1. The third-order valence-corrected chi connectivity index (χ3v) is 5.33. The lowest BCUT2D eigenvalue weighted by molar-refractivity contribution is 0.0483. The number of hydrogen-bond acceptors (Lipinski definition) is 6. The van der Waals surface area contributed by atoms with Crippen molar-refractivity contribution in [2.45, 2.75) is 6.54 Å². The van der Waals surface area contributed by atoms with E-state index in [9.17, 15) is 24.8 Å². The minimum Gasteiger partial charge on any atom is -0.478 e. The molecule has 0 aliphatic carbocycles. The van der Waals surface area contributed by atoms with Gasteiger partial charge in [-0.05, 0) is 35.9 Å². The molecule has 0 bridgehead atoms. The number of nitriles is 1. The van der Waals surface area contributed by atoms with Gasteiger partial charge in [0, 0.05) is 32.0 Å². The Kier molecular flexibility index (Phi) is 5.93. The summed E-state index contributed by atoms with van der Waals surface area (Å²) in [4.78, 5) is 37.8. The highest BCUT2D eigenvalue weighted by Crippen LogP contribution is 2.29. The molecule has 0 fully saturated rings. The zero-order valence-corrected chi connectivity index (χ0v) is 17.6. The van der Waals surface area contributed by atoms with Crippen molar-refractivity contribution >= 4 is 17.8 Å². The first-order valence-corrected chi connectivity index (χ1v) is 9.99. The van der Waals surface area contributed by atoms with E-state index in [1.54, 1.807) is 53.2 Å². The molecule has 0 saturated heterocycles. The molecule has 0 atom stereocenters. The standard InChI is InChI=1S/C24H19N3O6/c1-32-14-33-21-11-15(6-7-20(21)24(30)31)16-10-17(12-25)26(13-16)8-9-27-22(28)18-4-2-3-5-19(18)23(27)29/h2-7,10-11,13H,8-9,14H2,1H3,(H,30,31). The van der Waals surface area contributed by atoms with Gasteiger partial charge in [-0.3, -0.25) is 14.5 Å². The van der Waals surface area contributed by atoms with E-state index < -0.39 is 5.97 Å². The van der Waals surface area contributed by atoms with Gasteiger partial charge in [-0.1, -0.05) is 18.2 Å². The van der Waals surface area contributed by atoms with E-state index in [-0.39, 0.29) is 43.0 Å². The molecule has 2 aromatic carbocycles. The number of carboxylic acids is 1. The molecule has 4 rings (SSSR count). The maximum absolute atomic E-state index is 12.6. The van der Waals surface area contributed by atoms with Gasteiger partial charge >= 0.3 is 5.97 Å². The number of ether oxygens (including phenoxy) is 2. The first-order chi connectivity index (χ1) is 15.9. The van der Waals surface area contributed by atoms with Crippen LogP contribution in [0.5, 0.6) is 5.75 Å². The van der Waals surface area contributed by atoms with Crippen molar-refractivity contribution in [3.05, 3.63) is 77.1 Å². The van der Waals surface area contributed by atoms with Crippen LogP contribution in [0.25, 0.3) is 11.1 Å². The number of aromatic nitrogens is 1. The molecule has 0 saturated carbocycles. The maximum atomic E-state index is 12.6. The Morgan fingerprint density at radius 1 is 1.03 bits per heavy atom. The predicted molar refractivity (Wildman–Crippen MR) is 116 cm³/mol. The maximum Gasteiger partial charge on any atom is 0.339 e. The smallest absolute Gasteiger partial charge is 0.339 e. The second kappa shape index (κ2) is 8.98. The molecule has 2 amide bonds. The third kappa shape index (κ3) is 4.07.